The van der Waals surface area contributed by atoms with E-state index >= 15 is 0 Å². The Morgan fingerprint density at radius 2 is 1.72 bits per heavy atom. The van der Waals surface area contributed by atoms with Gasteiger partial charge in [-0.2, -0.15) is 10.1 Å². The maximum Gasteiger partial charge on any atom is 0.249 e. The molecule has 2 aromatic carbocycles. The lowest BCUT2D eigenvalue weighted by atomic mass is 10.1. The smallest absolute Gasteiger partial charge is 0.249 e. The summed E-state index contributed by atoms with van der Waals surface area (Å²) in [6.45, 7) is 7.90. The number of hydrogen-bond donors (Lipinski definition) is 1. The Hall–Kier alpha value is -2.95. The van der Waals surface area contributed by atoms with Gasteiger partial charge >= 0.3 is 0 Å². The second-order valence-corrected chi connectivity index (χ2v) is 6.14. The Bertz CT molecular complexity index is 812. The second kappa shape index (κ2) is 7.75. The molecule has 0 aliphatic rings. The van der Waals surface area contributed by atoms with Crippen molar-refractivity contribution in [2.24, 2.45) is 0 Å². The standard InChI is InChI=1S/C20H23N5/c1-4-25(14-17-8-6-5-7-9-17)19-13-21-24-20(23-19)22-18-11-15(2)10-16(3)12-18/h5-13H,4,14H2,1-3H3,(H,22,23,24). The predicted molar refractivity (Wildman–Crippen MR) is 102 cm³/mol. The van der Waals surface area contributed by atoms with Crippen molar-refractivity contribution in [3.63, 3.8) is 0 Å². The molecule has 1 heterocycles. The number of anilines is 3. The number of aryl methyl sites for hydroxylation is 2. The first kappa shape index (κ1) is 16.9. The Labute approximate surface area is 148 Å². The highest BCUT2D eigenvalue weighted by molar-refractivity contribution is 5.56. The summed E-state index contributed by atoms with van der Waals surface area (Å²) in [6.07, 6.45) is 1.71. The van der Waals surface area contributed by atoms with Crippen LogP contribution in [-0.2, 0) is 6.54 Å². The van der Waals surface area contributed by atoms with Crippen LogP contribution in [0.2, 0.25) is 0 Å². The first-order valence-electron chi connectivity index (χ1n) is 8.48. The van der Waals surface area contributed by atoms with Gasteiger partial charge in [-0.3, -0.25) is 0 Å². The van der Waals surface area contributed by atoms with Crippen molar-refractivity contribution in [1.82, 2.24) is 15.2 Å². The van der Waals surface area contributed by atoms with Crippen LogP contribution in [-0.4, -0.2) is 21.7 Å². The molecule has 0 saturated carbocycles. The summed E-state index contributed by atoms with van der Waals surface area (Å²) in [6, 6.07) is 16.6. The molecule has 3 aromatic rings. The number of nitrogens with zero attached hydrogens (tertiary/aromatic N) is 4. The molecule has 25 heavy (non-hydrogen) atoms. The molecule has 0 amide bonds. The van der Waals surface area contributed by atoms with Crippen LogP contribution < -0.4 is 10.2 Å². The minimum absolute atomic E-state index is 0.508. The van der Waals surface area contributed by atoms with Crippen LogP contribution in [0.25, 0.3) is 0 Å². The molecule has 0 radical (unpaired) electrons. The molecule has 1 N–H and O–H groups in total. The molecule has 0 aliphatic carbocycles. The molecular formula is C20H23N5. The summed E-state index contributed by atoms with van der Waals surface area (Å²) in [4.78, 5) is 6.81. The first-order valence-corrected chi connectivity index (χ1v) is 8.48. The molecule has 1 aromatic heterocycles. The summed E-state index contributed by atoms with van der Waals surface area (Å²) < 4.78 is 0. The number of nitrogens with one attached hydrogen (secondary N) is 1. The fourth-order valence-electron chi connectivity index (χ4n) is 2.83. The van der Waals surface area contributed by atoms with E-state index in [9.17, 15) is 0 Å². The first-order chi connectivity index (χ1) is 12.1. The normalized spacial score (nSPS) is 10.5. The molecule has 128 valence electrons. The van der Waals surface area contributed by atoms with Gasteiger partial charge in [-0.15, -0.1) is 5.10 Å². The van der Waals surface area contributed by atoms with Gasteiger partial charge in [-0.25, -0.2) is 0 Å². The van der Waals surface area contributed by atoms with Crippen LogP contribution in [0.1, 0.15) is 23.6 Å². The maximum atomic E-state index is 4.64. The second-order valence-electron chi connectivity index (χ2n) is 6.14. The summed E-state index contributed by atoms with van der Waals surface area (Å²) in [7, 11) is 0. The van der Waals surface area contributed by atoms with E-state index in [1.807, 2.05) is 6.07 Å². The number of benzene rings is 2. The summed E-state index contributed by atoms with van der Waals surface area (Å²) >= 11 is 0. The summed E-state index contributed by atoms with van der Waals surface area (Å²) in [5, 5.41) is 11.5. The molecule has 0 unspecified atom stereocenters. The van der Waals surface area contributed by atoms with E-state index < -0.39 is 0 Å². The van der Waals surface area contributed by atoms with Crippen molar-refractivity contribution >= 4 is 17.5 Å². The largest absolute Gasteiger partial charge is 0.351 e. The highest BCUT2D eigenvalue weighted by atomic mass is 15.3. The average molecular weight is 333 g/mol. The van der Waals surface area contributed by atoms with Gasteiger partial charge in [0, 0.05) is 18.8 Å². The maximum absolute atomic E-state index is 4.64. The van der Waals surface area contributed by atoms with E-state index in [1.165, 1.54) is 16.7 Å². The van der Waals surface area contributed by atoms with Gasteiger partial charge < -0.3 is 10.2 Å². The van der Waals surface area contributed by atoms with Gasteiger partial charge in [0.2, 0.25) is 5.95 Å². The SMILES string of the molecule is CCN(Cc1ccccc1)c1cnnc(Nc2cc(C)cc(C)c2)n1. The summed E-state index contributed by atoms with van der Waals surface area (Å²) in [5.74, 6) is 1.32. The Kier molecular flexibility index (Phi) is 5.23. The van der Waals surface area contributed by atoms with Crippen LogP contribution >= 0.6 is 0 Å². The molecule has 0 spiro atoms. The number of aromatic nitrogens is 3. The quantitative estimate of drug-likeness (QED) is 0.730. The lowest BCUT2D eigenvalue weighted by Gasteiger charge is -2.21. The van der Waals surface area contributed by atoms with Gasteiger partial charge in [0.05, 0.1) is 6.20 Å². The zero-order valence-corrected chi connectivity index (χ0v) is 14.9. The van der Waals surface area contributed by atoms with E-state index in [0.717, 1.165) is 24.6 Å². The topological polar surface area (TPSA) is 53.9 Å². The molecule has 0 saturated heterocycles. The van der Waals surface area contributed by atoms with Crippen molar-refractivity contribution in [1.29, 1.82) is 0 Å². The minimum atomic E-state index is 0.508. The van der Waals surface area contributed by atoms with E-state index in [1.54, 1.807) is 6.20 Å². The third-order valence-electron chi connectivity index (χ3n) is 3.95. The monoisotopic (exact) mass is 333 g/mol. The van der Waals surface area contributed by atoms with Gasteiger partial charge in [-0.1, -0.05) is 36.4 Å². The molecule has 0 aliphatic heterocycles. The van der Waals surface area contributed by atoms with Crippen LogP contribution in [0.5, 0.6) is 0 Å². The third-order valence-corrected chi connectivity index (χ3v) is 3.95. The molecule has 0 fully saturated rings. The Balaban J connectivity index is 1.79. The molecule has 5 nitrogen and oxygen atoms in total. The van der Waals surface area contributed by atoms with Crippen LogP contribution in [0.4, 0.5) is 17.5 Å². The van der Waals surface area contributed by atoms with Crippen LogP contribution in [0, 0.1) is 13.8 Å². The number of rotatable bonds is 6. The molecule has 0 bridgehead atoms. The van der Waals surface area contributed by atoms with Gasteiger partial charge in [0.25, 0.3) is 0 Å². The van der Waals surface area contributed by atoms with Gasteiger partial charge in [-0.05, 0) is 49.6 Å². The molecule has 5 heteroatoms. The molecule has 0 atom stereocenters. The fraction of sp³-hybridized carbons (Fsp3) is 0.250. The predicted octanol–water partition coefficient (Wildman–Crippen LogP) is 4.26. The average Bonchev–Trinajstić information content (AvgIpc) is 2.60. The fourth-order valence-corrected chi connectivity index (χ4v) is 2.83. The van der Waals surface area contributed by atoms with Crippen LogP contribution in [0.15, 0.2) is 54.7 Å². The minimum Gasteiger partial charge on any atom is -0.351 e. The molecule has 3 rings (SSSR count). The number of hydrogen-bond acceptors (Lipinski definition) is 5. The Morgan fingerprint density at radius 3 is 2.40 bits per heavy atom. The molecular weight excluding hydrogens is 310 g/mol. The van der Waals surface area contributed by atoms with Crippen molar-refractivity contribution in [3.8, 4) is 0 Å². The van der Waals surface area contributed by atoms with E-state index in [-0.39, 0.29) is 0 Å². The van der Waals surface area contributed by atoms with Crippen LogP contribution in [0.3, 0.4) is 0 Å². The van der Waals surface area contributed by atoms with Gasteiger partial charge in [0.15, 0.2) is 5.82 Å². The van der Waals surface area contributed by atoms with Crippen molar-refractivity contribution < 1.29 is 0 Å². The highest BCUT2D eigenvalue weighted by Gasteiger charge is 2.09. The summed E-state index contributed by atoms with van der Waals surface area (Å²) in [5.41, 5.74) is 4.62. The van der Waals surface area contributed by atoms with Crippen molar-refractivity contribution in [2.45, 2.75) is 27.3 Å². The van der Waals surface area contributed by atoms with Gasteiger partial charge in [0.1, 0.15) is 0 Å². The van der Waals surface area contributed by atoms with E-state index in [2.05, 4.69) is 88.6 Å². The lowest BCUT2D eigenvalue weighted by molar-refractivity contribution is 0.798. The highest BCUT2D eigenvalue weighted by Crippen LogP contribution is 2.19. The zero-order valence-electron chi connectivity index (χ0n) is 14.9. The third kappa shape index (κ3) is 4.53. The van der Waals surface area contributed by atoms with E-state index in [4.69, 9.17) is 0 Å². The van der Waals surface area contributed by atoms with Crippen molar-refractivity contribution in [2.75, 3.05) is 16.8 Å². The van der Waals surface area contributed by atoms with Crippen molar-refractivity contribution in [3.05, 3.63) is 71.4 Å². The van der Waals surface area contributed by atoms with E-state index in [0.29, 0.717) is 5.95 Å². The zero-order chi connectivity index (χ0) is 17.6. The Morgan fingerprint density at radius 1 is 1.00 bits per heavy atom. The lowest BCUT2D eigenvalue weighted by Crippen LogP contribution is -2.23.